The molecule has 1 N–H and O–H groups in total. The molecule has 0 bridgehead atoms. The topological polar surface area (TPSA) is 94.8 Å². The molecule has 146 valence electrons. The third-order valence-corrected chi connectivity index (χ3v) is 5.42. The van der Waals surface area contributed by atoms with E-state index < -0.39 is 5.91 Å². The number of hydrogen-bond acceptors (Lipinski definition) is 7. The average Bonchev–Trinajstić information content (AvgIpc) is 2.98. The van der Waals surface area contributed by atoms with E-state index in [0.717, 1.165) is 10.4 Å². The van der Waals surface area contributed by atoms with E-state index in [-0.39, 0.29) is 12.1 Å². The molecule has 0 saturated carbocycles. The summed E-state index contributed by atoms with van der Waals surface area (Å²) in [6.45, 7) is 3.65. The number of rotatable bonds is 6. The van der Waals surface area contributed by atoms with Gasteiger partial charge in [-0.3, -0.25) is 14.2 Å². The highest BCUT2D eigenvalue weighted by atomic mass is 32.1. The van der Waals surface area contributed by atoms with Crippen LogP contribution in [0.4, 0.5) is 0 Å². The third kappa shape index (κ3) is 3.89. The van der Waals surface area contributed by atoms with Gasteiger partial charge < -0.3 is 9.47 Å². The van der Waals surface area contributed by atoms with Crippen LogP contribution >= 0.6 is 11.3 Å². The number of nitrogens with one attached hydrogen (secondary N) is 1. The number of benzene rings is 1. The van der Waals surface area contributed by atoms with Crippen molar-refractivity contribution < 1.29 is 14.3 Å². The summed E-state index contributed by atoms with van der Waals surface area (Å²) in [5.41, 5.74) is 3.75. The van der Waals surface area contributed by atoms with Gasteiger partial charge in [-0.15, -0.1) is 11.3 Å². The molecule has 0 atom stereocenters. The molecule has 0 spiro atoms. The molecule has 1 amide bonds. The second-order valence-electron chi connectivity index (χ2n) is 6.04. The quantitative estimate of drug-likeness (QED) is 0.506. The summed E-state index contributed by atoms with van der Waals surface area (Å²) in [7, 11) is 3.10. The fourth-order valence-corrected chi connectivity index (χ4v) is 3.66. The first kappa shape index (κ1) is 19.6. The van der Waals surface area contributed by atoms with Crippen LogP contribution in [-0.2, 0) is 11.3 Å². The predicted octanol–water partition coefficient (Wildman–Crippen LogP) is 2.24. The van der Waals surface area contributed by atoms with E-state index in [1.807, 2.05) is 13.8 Å². The molecule has 9 heteroatoms. The predicted molar refractivity (Wildman–Crippen MR) is 109 cm³/mol. The van der Waals surface area contributed by atoms with E-state index >= 15 is 0 Å². The number of ether oxygens (including phenoxy) is 2. The van der Waals surface area contributed by atoms with E-state index in [9.17, 15) is 9.59 Å². The molecule has 0 aliphatic heterocycles. The average molecular weight is 400 g/mol. The first-order valence-corrected chi connectivity index (χ1v) is 9.25. The van der Waals surface area contributed by atoms with Crippen molar-refractivity contribution in [2.75, 3.05) is 14.2 Å². The molecule has 0 radical (unpaired) electrons. The fraction of sp³-hybridized carbons (Fsp3) is 0.263. The second kappa shape index (κ2) is 8.22. The summed E-state index contributed by atoms with van der Waals surface area (Å²) in [6.07, 6.45) is 2.85. The molecule has 3 rings (SSSR count). The molecule has 0 unspecified atom stereocenters. The molecule has 0 aliphatic carbocycles. The first-order chi connectivity index (χ1) is 13.4. The van der Waals surface area contributed by atoms with E-state index in [4.69, 9.17) is 9.47 Å². The Morgan fingerprint density at radius 3 is 2.82 bits per heavy atom. The van der Waals surface area contributed by atoms with Crippen LogP contribution in [0.5, 0.6) is 11.5 Å². The van der Waals surface area contributed by atoms with Crippen LogP contribution in [0.25, 0.3) is 10.2 Å². The summed E-state index contributed by atoms with van der Waals surface area (Å²) in [6, 6.07) is 5.24. The van der Waals surface area contributed by atoms with Crippen molar-refractivity contribution in [3.05, 3.63) is 50.9 Å². The highest BCUT2D eigenvalue weighted by molar-refractivity contribution is 7.18. The monoisotopic (exact) mass is 400 g/mol. The minimum absolute atomic E-state index is 0.173. The van der Waals surface area contributed by atoms with Crippen LogP contribution in [0, 0.1) is 13.8 Å². The van der Waals surface area contributed by atoms with Crippen molar-refractivity contribution in [3.63, 3.8) is 0 Å². The number of amides is 1. The number of thiophene rings is 1. The standard InChI is InChI=1S/C19H20N4O4S/c1-11-12(2)28-18-17(11)19(25)23(10-20-18)9-16(24)22-21-8-13-5-6-14(26-3)7-15(13)27-4/h5-8,10H,9H2,1-4H3,(H,22,24)/b21-8+. The van der Waals surface area contributed by atoms with Crippen LogP contribution in [0.3, 0.4) is 0 Å². The van der Waals surface area contributed by atoms with E-state index in [1.165, 1.54) is 35.6 Å². The van der Waals surface area contributed by atoms with Gasteiger partial charge in [0.05, 0.1) is 32.1 Å². The molecular formula is C19H20N4O4S. The number of hydrogen-bond donors (Lipinski definition) is 1. The van der Waals surface area contributed by atoms with Gasteiger partial charge in [-0.05, 0) is 31.5 Å². The van der Waals surface area contributed by atoms with Crippen molar-refractivity contribution in [2.45, 2.75) is 20.4 Å². The Kier molecular flexibility index (Phi) is 5.74. The summed E-state index contributed by atoms with van der Waals surface area (Å²) in [5.74, 6) is 0.780. The Morgan fingerprint density at radius 2 is 2.11 bits per heavy atom. The largest absolute Gasteiger partial charge is 0.497 e. The molecular weight excluding hydrogens is 380 g/mol. The summed E-state index contributed by atoms with van der Waals surface area (Å²) >= 11 is 1.47. The van der Waals surface area contributed by atoms with Crippen molar-refractivity contribution in [2.24, 2.45) is 5.10 Å². The number of aryl methyl sites for hydroxylation is 2. The lowest BCUT2D eigenvalue weighted by Gasteiger charge is -2.07. The van der Waals surface area contributed by atoms with Gasteiger partial charge in [0.1, 0.15) is 22.9 Å². The Morgan fingerprint density at radius 1 is 1.32 bits per heavy atom. The summed E-state index contributed by atoms with van der Waals surface area (Å²) < 4.78 is 11.7. The summed E-state index contributed by atoms with van der Waals surface area (Å²) in [5, 5.41) is 4.50. The molecule has 0 aliphatic rings. The van der Waals surface area contributed by atoms with Crippen molar-refractivity contribution >= 4 is 33.7 Å². The zero-order valence-electron chi connectivity index (χ0n) is 16.0. The lowest BCUT2D eigenvalue weighted by molar-refractivity contribution is -0.121. The smallest absolute Gasteiger partial charge is 0.262 e. The molecule has 0 fully saturated rings. The van der Waals surface area contributed by atoms with E-state index in [1.54, 1.807) is 25.3 Å². The van der Waals surface area contributed by atoms with Gasteiger partial charge in [0.2, 0.25) is 0 Å². The van der Waals surface area contributed by atoms with Gasteiger partial charge in [-0.2, -0.15) is 5.10 Å². The molecule has 0 saturated heterocycles. The number of carbonyl (C=O) groups excluding carboxylic acids is 1. The number of hydrazone groups is 1. The van der Waals surface area contributed by atoms with Gasteiger partial charge in [0.25, 0.3) is 11.5 Å². The maximum absolute atomic E-state index is 12.6. The SMILES string of the molecule is COc1ccc(/C=N/NC(=O)Cn2cnc3sc(C)c(C)c3c2=O)c(OC)c1. The van der Waals surface area contributed by atoms with Crippen LogP contribution in [-0.4, -0.2) is 35.9 Å². The van der Waals surface area contributed by atoms with Crippen molar-refractivity contribution in [1.82, 2.24) is 15.0 Å². The molecule has 2 aromatic heterocycles. The second-order valence-corrected chi connectivity index (χ2v) is 7.25. The molecule has 28 heavy (non-hydrogen) atoms. The zero-order valence-corrected chi connectivity index (χ0v) is 16.8. The van der Waals surface area contributed by atoms with Gasteiger partial charge in [0.15, 0.2) is 0 Å². The number of aromatic nitrogens is 2. The number of fused-ring (bicyclic) bond motifs is 1. The number of carbonyl (C=O) groups is 1. The van der Waals surface area contributed by atoms with Crippen LogP contribution in [0.2, 0.25) is 0 Å². The van der Waals surface area contributed by atoms with Crippen molar-refractivity contribution in [1.29, 1.82) is 0 Å². The van der Waals surface area contributed by atoms with Gasteiger partial charge in [-0.25, -0.2) is 10.4 Å². The van der Waals surface area contributed by atoms with Crippen LogP contribution in [0.15, 0.2) is 34.4 Å². The Balaban J connectivity index is 1.72. The fourth-order valence-electron chi connectivity index (χ4n) is 2.67. The number of methoxy groups -OCH3 is 2. The van der Waals surface area contributed by atoms with Gasteiger partial charge in [-0.1, -0.05) is 0 Å². The van der Waals surface area contributed by atoms with E-state index in [2.05, 4.69) is 15.5 Å². The Bertz CT molecular complexity index is 1120. The van der Waals surface area contributed by atoms with E-state index in [0.29, 0.717) is 27.3 Å². The highest BCUT2D eigenvalue weighted by Gasteiger charge is 2.13. The maximum atomic E-state index is 12.6. The minimum atomic E-state index is -0.434. The van der Waals surface area contributed by atoms with Crippen LogP contribution < -0.4 is 20.5 Å². The minimum Gasteiger partial charge on any atom is -0.497 e. The lowest BCUT2D eigenvalue weighted by Crippen LogP contribution is -2.30. The zero-order chi connectivity index (χ0) is 20.3. The van der Waals surface area contributed by atoms with Gasteiger partial charge in [0, 0.05) is 16.5 Å². The molecule has 1 aromatic carbocycles. The first-order valence-electron chi connectivity index (χ1n) is 8.43. The Hall–Kier alpha value is -3.20. The van der Waals surface area contributed by atoms with Crippen LogP contribution in [0.1, 0.15) is 16.0 Å². The normalized spacial score (nSPS) is 11.1. The summed E-state index contributed by atoms with van der Waals surface area (Å²) in [4.78, 5) is 30.8. The third-order valence-electron chi connectivity index (χ3n) is 4.30. The molecule has 3 aromatic rings. The van der Waals surface area contributed by atoms with Gasteiger partial charge >= 0.3 is 0 Å². The Labute approximate surface area is 165 Å². The maximum Gasteiger partial charge on any atom is 0.262 e. The number of nitrogens with zero attached hydrogens (tertiary/aromatic N) is 3. The highest BCUT2D eigenvalue weighted by Crippen LogP contribution is 2.25. The molecule has 8 nitrogen and oxygen atoms in total. The van der Waals surface area contributed by atoms with Crippen molar-refractivity contribution in [3.8, 4) is 11.5 Å². The molecule has 2 heterocycles. The lowest BCUT2D eigenvalue weighted by atomic mass is 10.2.